The molecule has 1 aliphatic heterocycles. The fourth-order valence-corrected chi connectivity index (χ4v) is 2.12. The van der Waals surface area contributed by atoms with E-state index in [2.05, 4.69) is 0 Å². The zero-order chi connectivity index (χ0) is 13.0. The number of hydrogen-bond donors (Lipinski definition) is 0. The molecule has 98 valence electrons. The molecule has 1 unspecified atom stereocenters. The number of morpholine rings is 1. The van der Waals surface area contributed by atoms with Crippen molar-refractivity contribution in [3.05, 3.63) is 29.8 Å². The van der Waals surface area contributed by atoms with Crippen LogP contribution in [0.1, 0.15) is 12.5 Å². The Morgan fingerprint density at radius 3 is 2.78 bits per heavy atom. The van der Waals surface area contributed by atoms with E-state index in [9.17, 15) is 4.79 Å². The molecule has 0 aliphatic carbocycles. The van der Waals surface area contributed by atoms with Crippen LogP contribution in [0.2, 0.25) is 0 Å². The molecule has 2 rings (SSSR count). The van der Waals surface area contributed by atoms with Crippen LogP contribution in [0.3, 0.4) is 0 Å². The van der Waals surface area contributed by atoms with E-state index < -0.39 is 0 Å². The van der Waals surface area contributed by atoms with Crippen molar-refractivity contribution in [3.63, 3.8) is 0 Å². The van der Waals surface area contributed by atoms with E-state index in [0.717, 1.165) is 11.3 Å². The predicted octanol–water partition coefficient (Wildman–Crippen LogP) is 1.48. The third kappa shape index (κ3) is 3.01. The molecule has 1 atom stereocenters. The molecule has 0 radical (unpaired) electrons. The Morgan fingerprint density at radius 1 is 1.44 bits per heavy atom. The quantitative estimate of drug-likeness (QED) is 0.814. The zero-order valence-corrected chi connectivity index (χ0v) is 10.9. The first-order chi connectivity index (χ1) is 8.70. The highest BCUT2D eigenvalue weighted by Crippen LogP contribution is 2.14. The summed E-state index contributed by atoms with van der Waals surface area (Å²) in [7, 11) is 1.63. The molecule has 1 saturated heterocycles. The van der Waals surface area contributed by atoms with Crippen LogP contribution in [0.25, 0.3) is 0 Å². The summed E-state index contributed by atoms with van der Waals surface area (Å²) in [6, 6.07) is 7.80. The highest BCUT2D eigenvalue weighted by molar-refractivity contribution is 5.79. The minimum absolute atomic E-state index is 0.163. The van der Waals surface area contributed by atoms with Crippen LogP contribution in [0.4, 0.5) is 0 Å². The van der Waals surface area contributed by atoms with Crippen molar-refractivity contribution in [2.75, 3.05) is 26.9 Å². The second kappa shape index (κ2) is 5.87. The fraction of sp³-hybridized carbons (Fsp3) is 0.500. The van der Waals surface area contributed by atoms with Crippen LogP contribution in [0.15, 0.2) is 24.3 Å². The summed E-state index contributed by atoms with van der Waals surface area (Å²) >= 11 is 0. The maximum atomic E-state index is 12.2. The van der Waals surface area contributed by atoms with Crippen molar-refractivity contribution in [2.24, 2.45) is 0 Å². The van der Waals surface area contributed by atoms with Gasteiger partial charge in [0.05, 0.1) is 32.8 Å². The van der Waals surface area contributed by atoms with Crippen LogP contribution in [-0.2, 0) is 16.0 Å². The van der Waals surface area contributed by atoms with Crippen molar-refractivity contribution in [2.45, 2.75) is 19.4 Å². The van der Waals surface area contributed by atoms with Crippen molar-refractivity contribution in [1.29, 1.82) is 0 Å². The normalized spacial score (nSPS) is 19.7. The minimum Gasteiger partial charge on any atom is -0.497 e. The van der Waals surface area contributed by atoms with Crippen molar-refractivity contribution in [1.82, 2.24) is 4.90 Å². The lowest BCUT2D eigenvalue weighted by Gasteiger charge is -2.33. The molecule has 1 fully saturated rings. The number of benzene rings is 1. The summed E-state index contributed by atoms with van der Waals surface area (Å²) in [5.41, 5.74) is 1.01. The standard InChI is InChI=1S/C14H19NO3/c1-11-10-18-8-7-15(11)14(16)9-12-3-5-13(17-2)6-4-12/h3-6,11H,7-10H2,1-2H3. The summed E-state index contributed by atoms with van der Waals surface area (Å²) in [5.74, 6) is 0.974. The summed E-state index contributed by atoms with van der Waals surface area (Å²) in [5, 5.41) is 0. The lowest BCUT2D eigenvalue weighted by Crippen LogP contribution is -2.47. The smallest absolute Gasteiger partial charge is 0.227 e. The van der Waals surface area contributed by atoms with E-state index in [1.54, 1.807) is 7.11 Å². The maximum absolute atomic E-state index is 12.2. The van der Waals surface area contributed by atoms with E-state index in [1.807, 2.05) is 36.1 Å². The number of ether oxygens (including phenoxy) is 2. The average molecular weight is 249 g/mol. The first-order valence-corrected chi connectivity index (χ1v) is 6.21. The third-order valence-corrected chi connectivity index (χ3v) is 3.20. The van der Waals surface area contributed by atoms with Gasteiger partial charge in [-0.15, -0.1) is 0 Å². The van der Waals surface area contributed by atoms with Crippen LogP contribution < -0.4 is 4.74 Å². The molecular weight excluding hydrogens is 230 g/mol. The van der Waals surface area contributed by atoms with Gasteiger partial charge < -0.3 is 14.4 Å². The lowest BCUT2D eigenvalue weighted by molar-refractivity contribution is -0.138. The monoisotopic (exact) mass is 249 g/mol. The average Bonchev–Trinajstić information content (AvgIpc) is 2.40. The predicted molar refractivity (Wildman–Crippen MR) is 68.7 cm³/mol. The highest BCUT2D eigenvalue weighted by Gasteiger charge is 2.23. The summed E-state index contributed by atoms with van der Waals surface area (Å²) in [6.45, 7) is 3.98. The van der Waals surface area contributed by atoms with Crippen LogP contribution in [-0.4, -0.2) is 43.7 Å². The Bertz CT molecular complexity index is 402. The summed E-state index contributed by atoms with van der Waals surface area (Å²) < 4.78 is 10.4. The number of carbonyl (C=O) groups is 1. The van der Waals surface area contributed by atoms with Crippen LogP contribution in [0.5, 0.6) is 5.75 Å². The molecule has 18 heavy (non-hydrogen) atoms. The zero-order valence-electron chi connectivity index (χ0n) is 10.9. The van der Waals surface area contributed by atoms with Gasteiger partial charge in [0, 0.05) is 6.54 Å². The molecule has 0 aromatic heterocycles. The topological polar surface area (TPSA) is 38.8 Å². The molecule has 4 nitrogen and oxygen atoms in total. The molecule has 1 aromatic rings. The van der Waals surface area contributed by atoms with E-state index >= 15 is 0 Å². The molecule has 0 saturated carbocycles. The van der Waals surface area contributed by atoms with Gasteiger partial charge in [-0.25, -0.2) is 0 Å². The van der Waals surface area contributed by atoms with Crippen molar-refractivity contribution < 1.29 is 14.3 Å². The molecule has 1 aliphatic rings. The van der Waals surface area contributed by atoms with Gasteiger partial charge in [-0.1, -0.05) is 12.1 Å². The van der Waals surface area contributed by atoms with Crippen molar-refractivity contribution >= 4 is 5.91 Å². The maximum Gasteiger partial charge on any atom is 0.227 e. The molecule has 1 amide bonds. The number of amides is 1. The molecule has 0 spiro atoms. The molecule has 1 aromatic carbocycles. The van der Waals surface area contributed by atoms with E-state index in [1.165, 1.54) is 0 Å². The Morgan fingerprint density at radius 2 is 2.17 bits per heavy atom. The molecular formula is C14H19NO3. The lowest BCUT2D eigenvalue weighted by atomic mass is 10.1. The van der Waals surface area contributed by atoms with E-state index in [-0.39, 0.29) is 11.9 Å². The SMILES string of the molecule is COc1ccc(CC(=O)N2CCOCC2C)cc1. The molecule has 1 heterocycles. The number of hydrogen-bond acceptors (Lipinski definition) is 3. The highest BCUT2D eigenvalue weighted by atomic mass is 16.5. The first-order valence-electron chi connectivity index (χ1n) is 6.21. The van der Waals surface area contributed by atoms with Crippen LogP contribution >= 0.6 is 0 Å². The third-order valence-electron chi connectivity index (χ3n) is 3.20. The van der Waals surface area contributed by atoms with E-state index in [4.69, 9.17) is 9.47 Å². The number of carbonyl (C=O) groups excluding carboxylic acids is 1. The van der Waals surface area contributed by atoms with Gasteiger partial charge in [-0.2, -0.15) is 0 Å². The largest absolute Gasteiger partial charge is 0.497 e. The van der Waals surface area contributed by atoms with Gasteiger partial charge >= 0.3 is 0 Å². The fourth-order valence-electron chi connectivity index (χ4n) is 2.12. The number of methoxy groups -OCH3 is 1. The van der Waals surface area contributed by atoms with E-state index in [0.29, 0.717) is 26.2 Å². The number of nitrogens with zero attached hydrogens (tertiary/aromatic N) is 1. The van der Waals surface area contributed by atoms with Gasteiger partial charge in [0.1, 0.15) is 5.75 Å². The van der Waals surface area contributed by atoms with Gasteiger partial charge in [0.15, 0.2) is 0 Å². The Hall–Kier alpha value is -1.55. The first kappa shape index (κ1) is 12.9. The molecule has 4 heteroatoms. The Kier molecular flexibility index (Phi) is 4.20. The Labute approximate surface area is 107 Å². The van der Waals surface area contributed by atoms with Gasteiger partial charge in [-0.05, 0) is 24.6 Å². The second-order valence-electron chi connectivity index (χ2n) is 4.54. The molecule has 0 bridgehead atoms. The minimum atomic E-state index is 0.163. The number of rotatable bonds is 3. The van der Waals surface area contributed by atoms with Gasteiger partial charge in [-0.3, -0.25) is 4.79 Å². The second-order valence-corrected chi connectivity index (χ2v) is 4.54. The summed E-state index contributed by atoms with van der Waals surface area (Å²) in [6.07, 6.45) is 0.439. The van der Waals surface area contributed by atoms with Gasteiger partial charge in [0.2, 0.25) is 5.91 Å². The van der Waals surface area contributed by atoms with Gasteiger partial charge in [0.25, 0.3) is 0 Å². The Balaban J connectivity index is 1.97. The molecule has 0 N–H and O–H groups in total. The van der Waals surface area contributed by atoms with Crippen LogP contribution in [0, 0.1) is 0 Å². The summed E-state index contributed by atoms with van der Waals surface area (Å²) in [4.78, 5) is 14.1. The van der Waals surface area contributed by atoms with Crippen molar-refractivity contribution in [3.8, 4) is 5.75 Å².